The molecule has 1 aromatic rings. The van der Waals surface area contributed by atoms with Gasteiger partial charge in [-0.05, 0) is 24.1 Å². The predicted octanol–water partition coefficient (Wildman–Crippen LogP) is 1.75. The molecule has 0 atom stereocenters. The third-order valence-electron chi connectivity index (χ3n) is 4.12. The highest BCUT2D eigenvalue weighted by atomic mass is 16.2. The minimum absolute atomic E-state index is 0.0612. The fourth-order valence-corrected chi connectivity index (χ4v) is 2.89. The van der Waals surface area contributed by atoms with Gasteiger partial charge in [0.15, 0.2) is 5.78 Å². The first kappa shape index (κ1) is 13.8. The van der Waals surface area contributed by atoms with Gasteiger partial charge in [-0.2, -0.15) is 0 Å². The van der Waals surface area contributed by atoms with Gasteiger partial charge < -0.3 is 9.80 Å². The van der Waals surface area contributed by atoms with E-state index in [9.17, 15) is 14.4 Å². The molecule has 1 fully saturated rings. The van der Waals surface area contributed by atoms with Crippen molar-refractivity contribution in [2.75, 3.05) is 18.0 Å². The second-order valence-electron chi connectivity index (χ2n) is 5.54. The Morgan fingerprint density at radius 1 is 1.29 bits per heavy atom. The van der Waals surface area contributed by atoms with Crippen LogP contribution in [-0.2, 0) is 16.1 Å². The minimum atomic E-state index is -0.111. The topological polar surface area (TPSA) is 57.7 Å². The van der Waals surface area contributed by atoms with Crippen molar-refractivity contribution >= 4 is 23.3 Å². The van der Waals surface area contributed by atoms with Gasteiger partial charge in [-0.3, -0.25) is 14.4 Å². The van der Waals surface area contributed by atoms with Gasteiger partial charge in [-0.25, -0.2) is 0 Å². The van der Waals surface area contributed by atoms with E-state index >= 15 is 0 Å². The van der Waals surface area contributed by atoms with Gasteiger partial charge in [0.05, 0.1) is 6.54 Å². The van der Waals surface area contributed by atoms with E-state index in [1.807, 2.05) is 12.1 Å². The van der Waals surface area contributed by atoms with Gasteiger partial charge in [-0.15, -0.1) is 0 Å². The SMILES string of the molecule is CCC(=O)CN1Cc2ccc(N3CCCC3=O)cc2C1=O. The Kier molecular flexibility index (Phi) is 3.49. The van der Waals surface area contributed by atoms with Crippen molar-refractivity contribution in [2.45, 2.75) is 32.7 Å². The zero-order valence-corrected chi connectivity index (χ0v) is 12.1. The number of anilines is 1. The molecule has 0 unspecified atom stereocenters. The van der Waals surface area contributed by atoms with Gasteiger partial charge in [0.1, 0.15) is 0 Å². The number of hydrogen-bond acceptors (Lipinski definition) is 3. The molecule has 110 valence electrons. The number of ketones is 1. The van der Waals surface area contributed by atoms with E-state index in [1.54, 1.807) is 22.8 Å². The van der Waals surface area contributed by atoms with Gasteiger partial charge in [0.2, 0.25) is 5.91 Å². The lowest BCUT2D eigenvalue weighted by Gasteiger charge is -2.16. The van der Waals surface area contributed by atoms with Gasteiger partial charge in [-0.1, -0.05) is 13.0 Å². The highest BCUT2D eigenvalue weighted by molar-refractivity contribution is 6.03. The summed E-state index contributed by atoms with van der Waals surface area (Å²) in [5, 5.41) is 0. The average Bonchev–Trinajstić information content (AvgIpc) is 3.03. The summed E-state index contributed by atoms with van der Waals surface area (Å²) in [6, 6.07) is 5.57. The smallest absolute Gasteiger partial charge is 0.254 e. The second-order valence-corrected chi connectivity index (χ2v) is 5.54. The Bertz CT molecular complexity index is 624. The molecule has 5 heteroatoms. The summed E-state index contributed by atoms with van der Waals surface area (Å²) in [5.74, 6) is 0.0600. The molecular formula is C16H18N2O3. The lowest BCUT2D eigenvalue weighted by Crippen LogP contribution is -2.29. The van der Waals surface area contributed by atoms with Crippen LogP contribution in [0.4, 0.5) is 5.69 Å². The van der Waals surface area contributed by atoms with E-state index < -0.39 is 0 Å². The number of nitrogens with zero attached hydrogens (tertiary/aromatic N) is 2. The summed E-state index contributed by atoms with van der Waals surface area (Å²) in [4.78, 5) is 39.0. The van der Waals surface area contributed by atoms with Gasteiger partial charge in [0, 0.05) is 37.2 Å². The zero-order chi connectivity index (χ0) is 15.0. The van der Waals surface area contributed by atoms with Crippen molar-refractivity contribution in [3.63, 3.8) is 0 Å². The summed E-state index contributed by atoms with van der Waals surface area (Å²) in [6.07, 6.45) is 1.87. The van der Waals surface area contributed by atoms with Gasteiger partial charge >= 0.3 is 0 Å². The maximum absolute atomic E-state index is 12.4. The van der Waals surface area contributed by atoms with E-state index in [2.05, 4.69) is 0 Å². The first-order chi connectivity index (χ1) is 10.1. The van der Waals surface area contributed by atoms with E-state index in [1.165, 1.54) is 0 Å². The number of carbonyl (C=O) groups is 3. The minimum Gasteiger partial charge on any atom is -0.327 e. The number of Topliss-reactive ketones (excluding diaryl/α,β-unsaturated/α-hetero) is 1. The summed E-state index contributed by atoms with van der Waals surface area (Å²) in [5.41, 5.74) is 2.34. The Balaban J connectivity index is 1.84. The highest BCUT2D eigenvalue weighted by Gasteiger charge is 2.30. The molecule has 1 saturated heterocycles. The molecule has 0 saturated carbocycles. The van der Waals surface area contributed by atoms with Crippen molar-refractivity contribution in [2.24, 2.45) is 0 Å². The van der Waals surface area contributed by atoms with E-state index in [4.69, 9.17) is 0 Å². The molecular weight excluding hydrogens is 268 g/mol. The summed E-state index contributed by atoms with van der Waals surface area (Å²) >= 11 is 0. The molecule has 3 rings (SSSR count). The monoisotopic (exact) mass is 286 g/mol. The normalized spacial score (nSPS) is 17.6. The molecule has 2 heterocycles. The lowest BCUT2D eigenvalue weighted by molar-refractivity contribution is -0.119. The van der Waals surface area contributed by atoms with E-state index in [0.29, 0.717) is 31.5 Å². The van der Waals surface area contributed by atoms with Crippen LogP contribution in [0.3, 0.4) is 0 Å². The average molecular weight is 286 g/mol. The summed E-state index contributed by atoms with van der Waals surface area (Å²) < 4.78 is 0. The van der Waals surface area contributed by atoms with Crippen LogP contribution < -0.4 is 4.90 Å². The van der Waals surface area contributed by atoms with Crippen molar-refractivity contribution in [3.05, 3.63) is 29.3 Å². The third-order valence-corrected chi connectivity index (χ3v) is 4.12. The predicted molar refractivity (Wildman–Crippen MR) is 78.1 cm³/mol. The number of fused-ring (bicyclic) bond motifs is 1. The van der Waals surface area contributed by atoms with Crippen LogP contribution in [0.2, 0.25) is 0 Å². The Morgan fingerprint density at radius 3 is 2.76 bits per heavy atom. The van der Waals surface area contributed by atoms with Crippen LogP contribution in [0.15, 0.2) is 18.2 Å². The molecule has 0 bridgehead atoms. The fraction of sp³-hybridized carbons (Fsp3) is 0.438. The van der Waals surface area contributed by atoms with Crippen molar-refractivity contribution in [3.8, 4) is 0 Å². The van der Waals surface area contributed by atoms with Crippen molar-refractivity contribution in [1.29, 1.82) is 0 Å². The van der Waals surface area contributed by atoms with Crippen LogP contribution >= 0.6 is 0 Å². The van der Waals surface area contributed by atoms with Crippen molar-refractivity contribution in [1.82, 2.24) is 4.90 Å². The maximum Gasteiger partial charge on any atom is 0.254 e. The number of rotatable bonds is 4. The summed E-state index contributed by atoms with van der Waals surface area (Å²) in [7, 11) is 0. The standard InChI is InChI=1S/C16H18N2O3/c1-2-13(19)10-17-9-11-5-6-12(8-14(11)16(17)21)18-7-3-4-15(18)20/h5-6,8H,2-4,7,9-10H2,1H3. The van der Waals surface area contributed by atoms with E-state index in [0.717, 1.165) is 17.7 Å². The molecule has 0 aromatic heterocycles. The quantitative estimate of drug-likeness (QED) is 0.847. The molecule has 2 amide bonds. The largest absolute Gasteiger partial charge is 0.327 e. The molecule has 0 aliphatic carbocycles. The van der Waals surface area contributed by atoms with E-state index in [-0.39, 0.29) is 24.1 Å². The third kappa shape index (κ3) is 2.44. The number of carbonyl (C=O) groups excluding carboxylic acids is 3. The Hall–Kier alpha value is -2.17. The maximum atomic E-state index is 12.4. The van der Waals surface area contributed by atoms with Crippen LogP contribution in [0.5, 0.6) is 0 Å². The van der Waals surface area contributed by atoms with Crippen LogP contribution in [0, 0.1) is 0 Å². The molecule has 1 aromatic carbocycles. The summed E-state index contributed by atoms with van der Waals surface area (Å²) in [6.45, 7) is 3.16. The molecule has 21 heavy (non-hydrogen) atoms. The van der Waals surface area contributed by atoms with Crippen LogP contribution in [0.25, 0.3) is 0 Å². The van der Waals surface area contributed by atoms with Gasteiger partial charge in [0.25, 0.3) is 5.91 Å². The fourth-order valence-electron chi connectivity index (χ4n) is 2.89. The highest BCUT2D eigenvalue weighted by Crippen LogP contribution is 2.29. The molecule has 0 spiro atoms. The van der Waals surface area contributed by atoms with Crippen molar-refractivity contribution < 1.29 is 14.4 Å². The second kappa shape index (κ2) is 5.31. The number of amides is 2. The lowest BCUT2D eigenvalue weighted by atomic mass is 10.1. The molecule has 0 N–H and O–H groups in total. The first-order valence-corrected chi connectivity index (χ1v) is 7.34. The molecule has 5 nitrogen and oxygen atoms in total. The Morgan fingerprint density at radius 2 is 2.10 bits per heavy atom. The van der Waals surface area contributed by atoms with Crippen LogP contribution in [0.1, 0.15) is 42.1 Å². The molecule has 0 radical (unpaired) electrons. The van der Waals surface area contributed by atoms with Crippen LogP contribution in [-0.4, -0.2) is 35.6 Å². The Labute approximate surface area is 123 Å². The number of benzene rings is 1. The number of hydrogen-bond donors (Lipinski definition) is 0. The zero-order valence-electron chi connectivity index (χ0n) is 12.1. The molecule has 2 aliphatic heterocycles. The first-order valence-electron chi connectivity index (χ1n) is 7.34. The molecule has 2 aliphatic rings.